The third kappa shape index (κ3) is 6.87. The Morgan fingerprint density at radius 2 is 0.906 bits per heavy atom. The highest BCUT2D eigenvalue weighted by molar-refractivity contribution is 6.19. The Morgan fingerprint density at radius 1 is 0.594 bits per heavy atom. The lowest BCUT2D eigenvalue weighted by Gasteiger charge is -2.23. The van der Waals surface area contributed by atoms with Crippen LogP contribution in [0.3, 0.4) is 0 Å². The van der Waals surface area contributed by atoms with E-state index in [1.807, 2.05) is 27.7 Å². The van der Waals surface area contributed by atoms with Gasteiger partial charge >= 0.3 is 11.9 Å². The quantitative estimate of drug-likeness (QED) is 0.294. The predicted octanol–water partition coefficient (Wildman–Crippen LogP) is 4.38. The van der Waals surface area contributed by atoms with E-state index in [9.17, 15) is 19.2 Å². The largest absolute Gasteiger partial charge is 0.465 e. The van der Waals surface area contributed by atoms with Crippen molar-refractivity contribution in [1.82, 2.24) is 0 Å². The van der Waals surface area contributed by atoms with Gasteiger partial charge in [-0.1, -0.05) is 88.4 Å². The molecule has 2 rings (SSSR count). The first kappa shape index (κ1) is 25.0. The molecule has 0 aliphatic carbocycles. The summed E-state index contributed by atoms with van der Waals surface area (Å²) >= 11 is 0. The molecule has 0 aliphatic heterocycles. The molecule has 6 nitrogen and oxygen atoms in total. The molecular weight excluding hydrogens is 408 g/mol. The molecule has 0 spiro atoms. The Labute approximate surface area is 188 Å². The Morgan fingerprint density at radius 3 is 1.19 bits per heavy atom. The topological polar surface area (TPSA) is 86.7 Å². The molecule has 32 heavy (non-hydrogen) atoms. The van der Waals surface area contributed by atoms with E-state index in [2.05, 4.69) is 0 Å². The van der Waals surface area contributed by atoms with Gasteiger partial charge in [-0.3, -0.25) is 19.2 Å². The van der Waals surface area contributed by atoms with Crippen LogP contribution in [0.25, 0.3) is 0 Å². The normalized spacial score (nSPS) is 12.8. The number of hydrogen-bond donors (Lipinski definition) is 0. The second kappa shape index (κ2) is 11.9. The lowest BCUT2D eigenvalue weighted by molar-refractivity contribution is -0.158. The maximum Gasteiger partial charge on any atom is 0.318 e. The molecule has 0 aromatic heterocycles. The zero-order valence-electron chi connectivity index (χ0n) is 18.9. The molecule has 0 radical (unpaired) electrons. The first-order chi connectivity index (χ1) is 15.2. The number of carbonyl (C=O) groups is 4. The average Bonchev–Trinajstić information content (AvgIpc) is 2.79. The van der Waals surface area contributed by atoms with Crippen molar-refractivity contribution in [2.24, 2.45) is 23.7 Å². The first-order valence-corrected chi connectivity index (χ1v) is 10.7. The predicted molar refractivity (Wildman–Crippen MR) is 120 cm³/mol. The molecule has 0 aliphatic rings. The fourth-order valence-electron chi connectivity index (χ4n) is 3.03. The fourth-order valence-corrected chi connectivity index (χ4v) is 3.03. The van der Waals surface area contributed by atoms with Crippen LogP contribution in [0.4, 0.5) is 0 Å². The number of benzene rings is 2. The second-order valence-corrected chi connectivity index (χ2v) is 8.46. The third-order valence-electron chi connectivity index (χ3n) is 4.64. The molecule has 2 unspecified atom stereocenters. The maximum atomic E-state index is 13.4. The number of rotatable bonds is 11. The van der Waals surface area contributed by atoms with Crippen molar-refractivity contribution in [3.05, 3.63) is 71.8 Å². The Hall–Kier alpha value is -3.28. The van der Waals surface area contributed by atoms with Gasteiger partial charge in [-0.15, -0.1) is 0 Å². The summed E-state index contributed by atoms with van der Waals surface area (Å²) in [7, 11) is 0. The molecule has 6 heteroatoms. The number of carbonyl (C=O) groups excluding carboxylic acids is 4. The molecule has 2 atom stereocenters. The van der Waals surface area contributed by atoms with Crippen LogP contribution in [-0.4, -0.2) is 36.7 Å². The summed E-state index contributed by atoms with van der Waals surface area (Å²) in [6.07, 6.45) is 0. The zero-order valence-corrected chi connectivity index (χ0v) is 18.9. The number of Topliss-reactive ketones (excluding diaryl/α,β-unsaturated/α-hetero) is 2. The van der Waals surface area contributed by atoms with Crippen molar-refractivity contribution < 1.29 is 28.7 Å². The summed E-state index contributed by atoms with van der Waals surface area (Å²) < 4.78 is 10.7. The lowest BCUT2D eigenvalue weighted by atomic mass is 9.81. The van der Waals surface area contributed by atoms with Crippen LogP contribution in [0.2, 0.25) is 0 Å². The Bertz CT molecular complexity index is 840. The number of ether oxygens (including phenoxy) is 2. The van der Waals surface area contributed by atoms with E-state index >= 15 is 0 Å². The van der Waals surface area contributed by atoms with Gasteiger partial charge in [-0.2, -0.15) is 0 Å². The van der Waals surface area contributed by atoms with E-state index < -0.39 is 35.3 Å². The second-order valence-electron chi connectivity index (χ2n) is 8.46. The van der Waals surface area contributed by atoms with E-state index in [1.54, 1.807) is 36.4 Å². The van der Waals surface area contributed by atoms with Crippen LogP contribution in [0.1, 0.15) is 48.4 Å². The van der Waals surface area contributed by atoms with Crippen molar-refractivity contribution in [3.63, 3.8) is 0 Å². The molecule has 0 saturated heterocycles. The van der Waals surface area contributed by atoms with Crippen LogP contribution < -0.4 is 0 Å². The lowest BCUT2D eigenvalue weighted by Crippen LogP contribution is -2.43. The van der Waals surface area contributed by atoms with E-state index in [-0.39, 0.29) is 36.2 Å². The first-order valence-electron chi connectivity index (χ1n) is 10.7. The van der Waals surface area contributed by atoms with Crippen molar-refractivity contribution in [3.8, 4) is 0 Å². The number of hydrogen-bond acceptors (Lipinski definition) is 6. The van der Waals surface area contributed by atoms with E-state index in [4.69, 9.17) is 9.47 Å². The number of esters is 2. The van der Waals surface area contributed by atoms with Gasteiger partial charge in [0.15, 0.2) is 11.6 Å². The van der Waals surface area contributed by atoms with Crippen molar-refractivity contribution in [2.75, 3.05) is 13.2 Å². The Kier molecular flexibility index (Phi) is 9.32. The van der Waals surface area contributed by atoms with Gasteiger partial charge in [-0.05, 0) is 11.8 Å². The van der Waals surface area contributed by atoms with Crippen LogP contribution in [0.5, 0.6) is 0 Å². The molecule has 0 amide bonds. The maximum absolute atomic E-state index is 13.4. The monoisotopic (exact) mass is 438 g/mol. The third-order valence-corrected chi connectivity index (χ3v) is 4.64. The molecule has 0 heterocycles. The summed E-state index contributed by atoms with van der Waals surface area (Å²) in [4.78, 5) is 52.9. The molecule has 2 aromatic carbocycles. The van der Waals surface area contributed by atoms with Gasteiger partial charge in [0.1, 0.15) is 11.8 Å². The van der Waals surface area contributed by atoms with Gasteiger partial charge < -0.3 is 9.47 Å². The van der Waals surface area contributed by atoms with E-state index in [0.29, 0.717) is 0 Å². The van der Waals surface area contributed by atoms with Gasteiger partial charge in [0, 0.05) is 11.1 Å². The summed E-state index contributed by atoms with van der Waals surface area (Å²) in [5.41, 5.74) is 0.419. The molecule has 0 saturated carbocycles. The molecule has 0 bridgehead atoms. The van der Waals surface area contributed by atoms with Gasteiger partial charge in [0.05, 0.1) is 13.2 Å². The standard InChI is InChI=1S/C26H30O6/c1-17(2)15-31-25(29)21(23(27)19-11-7-5-8-12-19)22(26(30)32-16-18(3)4)24(28)20-13-9-6-10-14-20/h5-14,17-18,21-22H,15-16H2,1-4H3. The van der Waals surface area contributed by atoms with E-state index in [0.717, 1.165) is 0 Å². The fraction of sp³-hybridized carbons (Fsp3) is 0.385. The zero-order chi connectivity index (χ0) is 23.7. The Balaban J connectivity index is 2.52. The summed E-state index contributed by atoms with van der Waals surface area (Å²) in [5.74, 6) is -6.41. The van der Waals surface area contributed by atoms with Gasteiger partial charge in [0.25, 0.3) is 0 Å². The molecule has 0 fully saturated rings. The highest BCUT2D eigenvalue weighted by Gasteiger charge is 2.46. The molecule has 0 N–H and O–H groups in total. The summed E-state index contributed by atoms with van der Waals surface area (Å²) in [6, 6.07) is 16.2. The highest BCUT2D eigenvalue weighted by atomic mass is 16.5. The van der Waals surface area contributed by atoms with Gasteiger partial charge in [-0.25, -0.2) is 0 Å². The molecule has 2 aromatic rings. The van der Waals surface area contributed by atoms with Crippen LogP contribution >= 0.6 is 0 Å². The minimum atomic E-state index is -1.65. The summed E-state index contributed by atoms with van der Waals surface area (Å²) in [5, 5.41) is 0. The molecular formula is C26H30O6. The smallest absolute Gasteiger partial charge is 0.318 e. The van der Waals surface area contributed by atoms with Gasteiger partial charge in [0.2, 0.25) is 0 Å². The van der Waals surface area contributed by atoms with Crippen molar-refractivity contribution >= 4 is 23.5 Å². The van der Waals surface area contributed by atoms with Crippen LogP contribution in [-0.2, 0) is 19.1 Å². The average molecular weight is 439 g/mol. The number of ketones is 2. The minimum Gasteiger partial charge on any atom is -0.465 e. The van der Waals surface area contributed by atoms with Crippen LogP contribution in [0.15, 0.2) is 60.7 Å². The highest BCUT2D eigenvalue weighted by Crippen LogP contribution is 2.26. The summed E-state index contributed by atoms with van der Waals surface area (Å²) in [6.45, 7) is 7.53. The molecule has 170 valence electrons. The van der Waals surface area contributed by atoms with Crippen molar-refractivity contribution in [1.29, 1.82) is 0 Å². The SMILES string of the molecule is CC(C)COC(=O)C(C(=O)c1ccccc1)C(C(=O)OCC(C)C)C(=O)c1ccccc1. The minimum absolute atomic E-state index is 0.0163. The van der Waals surface area contributed by atoms with Crippen LogP contribution in [0, 0.1) is 23.7 Å². The van der Waals surface area contributed by atoms with E-state index in [1.165, 1.54) is 24.3 Å². The van der Waals surface area contributed by atoms with Crippen molar-refractivity contribution in [2.45, 2.75) is 27.7 Å².